The summed E-state index contributed by atoms with van der Waals surface area (Å²) < 4.78 is 46.5. The Morgan fingerprint density at radius 3 is 2.39 bits per heavy atom. The van der Waals surface area contributed by atoms with Gasteiger partial charge in [0.1, 0.15) is 16.8 Å². The maximum atomic E-state index is 13.7. The maximum absolute atomic E-state index is 13.7. The van der Waals surface area contributed by atoms with E-state index < -0.39 is 17.3 Å². The predicted octanol–water partition coefficient (Wildman–Crippen LogP) is 7.64. The SMILES string of the molecule is CCOc1ccc(-c2cc(C(F)(F)F)c(C#N)c(SCc3ccc(Cl)cc3Cl)n2)cc1. The first-order valence-electron chi connectivity index (χ1n) is 9.05. The lowest BCUT2D eigenvalue weighted by atomic mass is 10.1. The molecular formula is C22H15Cl2F3N2OS. The van der Waals surface area contributed by atoms with E-state index >= 15 is 0 Å². The number of hydrogen-bond donors (Lipinski definition) is 0. The number of ether oxygens (including phenoxy) is 1. The van der Waals surface area contributed by atoms with Crippen molar-refractivity contribution in [2.75, 3.05) is 6.61 Å². The Kier molecular flexibility index (Phi) is 7.37. The number of hydrogen-bond acceptors (Lipinski definition) is 4. The smallest absolute Gasteiger partial charge is 0.417 e. The zero-order valence-corrected chi connectivity index (χ0v) is 18.5. The monoisotopic (exact) mass is 482 g/mol. The Morgan fingerprint density at radius 1 is 1.10 bits per heavy atom. The minimum Gasteiger partial charge on any atom is -0.494 e. The van der Waals surface area contributed by atoms with Gasteiger partial charge in [0.05, 0.1) is 23.4 Å². The average molecular weight is 483 g/mol. The van der Waals surface area contributed by atoms with E-state index in [0.717, 1.165) is 17.8 Å². The van der Waals surface area contributed by atoms with E-state index in [2.05, 4.69) is 4.98 Å². The summed E-state index contributed by atoms with van der Waals surface area (Å²) in [6, 6.07) is 14.0. The molecular weight excluding hydrogens is 468 g/mol. The van der Waals surface area contributed by atoms with Crippen LogP contribution >= 0.6 is 35.0 Å². The molecule has 0 spiro atoms. The highest BCUT2D eigenvalue weighted by Gasteiger charge is 2.36. The topological polar surface area (TPSA) is 45.9 Å². The number of aromatic nitrogens is 1. The van der Waals surface area contributed by atoms with Crippen LogP contribution in [0.1, 0.15) is 23.6 Å². The molecule has 1 aromatic heterocycles. The third kappa shape index (κ3) is 5.65. The van der Waals surface area contributed by atoms with Gasteiger partial charge >= 0.3 is 6.18 Å². The largest absolute Gasteiger partial charge is 0.494 e. The second kappa shape index (κ2) is 9.82. The van der Waals surface area contributed by atoms with Crippen molar-refractivity contribution in [1.29, 1.82) is 5.26 Å². The summed E-state index contributed by atoms with van der Waals surface area (Å²) >= 11 is 13.1. The molecule has 31 heavy (non-hydrogen) atoms. The minimum absolute atomic E-state index is 0.0211. The number of rotatable bonds is 6. The molecule has 0 saturated heterocycles. The number of alkyl halides is 3. The maximum Gasteiger partial charge on any atom is 0.417 e. The van der Waals surface area contributed by atoms with Gasteiger partial charge in [0, 0.05) is 21.4 Å². The summed E-state index contributed by atoms with van der Waals surface area (Å²) in [7, 11) is 0. The van der Waals surface area contributed by atoms with Gasteiger partial charge in [0.25, 0.3) is 0 Å². The first-order chi connectivity index (χ1) is 14.7. The first kappa shape index (κ1) is 23.3. The molecule has 0 amide bonds. The van der Waals surface area contributed by atoms with Crippen molar-refractivity contribution >= 4 is 35.0 Å². The van der Waals surface area contributed by atoms with Crippen LogP contribution in [0.25, 0.3) is 11.3 Å². The van der Waals surface area contributed by atoms with Crippen molar-refractivity contribution < 1.29 is 17.9 Å². The molecule has 0 radical (unpaired) electrons. The molecule has 0 fully saturated rings. The van der Waals surface area contributed by atoms with E-state index in [9.17, 15) is 18.4 Å². The summed E-state index contributed by atoms with van der Waals surface area (Å²) in [5.41, 5.74) is -0.290. The molecule has 0 bridgehead atoms. The lowest BCUT2D eigenvalue weighted by molar-refractivity contribution is -0.138. The highest BCUT2D eigenvalue weighted by molar-refractivity contribution is 7.98. The summed E-state index contributed by atoms with van der Waals surface area (Å²) in [6.07, 6.45) is -4.71. The highest BCUT2D eigenvalue weighted by atomic mass is 35.5. The van der Waals surface area contributed by atoms with Crippen LogP contribution in [0.15, 0.2) is 53.6 Å². The van der Waals surface area contributed by atoms with E-state index in [1.54, 1.807) is 48.5 Å². The fraction of sp³-hybridized carbons (Fsp3) is 0.182. The van der Waals surface area contributed by atoms with Crippen LogP contribution in [-0.4, -0.2) is 11.6 Å². The standard InChI is InChI=1S/C22H15Cl2F3N2OS/c1-2-30-16-7-4-13(5-8-16)20-10-18(22(25,26)27)17(11-28)21(29-20)31-12-14-3-6-15(23)9-19(14)24/h3-10H,2,12H2,1H3. The second-order valence-corrected chi connectivity index (χ2v) is 8.13. The van der Waals surface area contributed by atoms with Gasteiger partial charge in [-0.05, 0) is 55.0 Å². The van der Waals surface area contributed by atoms with Gasteiger partial charge in [0.15, 0.2) is 0 Å². The Balaban J connectivity index is 2.04. The van der Waals surface area contributed by atoms with Crippen LogP contribution in [0.4, 0.5) is 13.2 Å². The van der Waals surface area contributed by atoms with E-state index in [-0.39, 0.29) is 16.5 Å². The Hall–Kier alpha value is -2.40. The normalized spacial score (nSPS) is 11.3. The van der Waals surface area contributed by atoms with Crippen molar-refractivity contribution in [3.05, 3.63) is 75.3 Å². The van der Waals surface area contributed by atoms with Crippen molar-refractivity contribution in [3.63, 3.8) is 0 Å². The first-order valence-corrected chi connectivity index (χ1v) is 10.8. The van der Waals surface area contributed by atoms with Gasteiger partial charge in [-0.15, -0.1) is 11.8 Å². The van der Waals surface area contributed by atoms with Gasteiger partial charge in [-0.3, -0.25) is 0 Å². The van der Waals surface area contributed by atoms with E-state index in [4.69, 9.17) is 27.9 Å². The van der Waals surface area contributed by atoms with Crippen molar-refractivity contribution in [2.45, 2.75) is 23.9 Å². The molecule has 160 valence electrons. The quantitative estimate of drug-likeness (QED) is 0.338. The van der Waals surface area contributed by atoms with Gasteiger partial charge < -0.3 is 4.74 Å². The van der Waals surface area contributed by atoms with Gasteiger partial charge in [-0.1, -0.05) is 29.3 Å². The predicted molar refractivity (Wildman–Crippen MR) is 117 cm³/mol. The molecule has 3 nitrogen and oxygen atoms in total. The Labute approximate surface area is 191 Å². The molecule has 0 saturated carbocycles. The lowest BCUT2D eigenvalue weighted by Gasteiger charge is -2.15. The van der Waals surface area contributed by atoms with Gasteiger partial charge in [-0.2, -0.15) is 18.4 Å². The molecule has 1 heterocycles. The molecule has 2 aromatic carbocycles. The Bertz CT molecular complexity index is 1130. The van der Waals surface area contributed by atoms with Crippen LogP contribution in [0, 0.1) is 11.3 Å². The number of nitrogens with zero attached hydrogens (tertiary/aromatic N) is 2. The lowest BCUT2D eigenvalue weighted by Crippen LogP contribution is -2.10. The molecule has 0 aliphatic rings. The second-order valence-electron chi connectivity index (χ2n) is 6.33. The zero-order chi connectivity index (χ0) is 22.6. The number of benzene rings is 2. The molecule has 0 atom stereocenters. The van der Waals surface area contributed by atoms with Gasteiger partial charge in [-0.25, -0.2) is 4.98 Å². The molecule has 0 aliphatic carbocycles. The van der Waals surface area contributed by atoms with Crippen LogP contribution in [0.3, 0.4) is 0 Å². The third-order valence-electron chi connectivity index (χ3n) is 4.24. The summed E-state index contributed by atoms with van der Waals surface area (Å²) in [4.78, 5) is 4.36. The fourth-order valence-electron chi connectivity index (χ4n) is 2.78. The summed E-state index contributed by atoms with van der Waals surface area (Å²) in [6.45, 7) is 2.31. The van der Waals surface area contributed by atoms with E-state index in [1.165, 1.54) is 0 Å². The third-order valence-corrected chi connectivity index (χ3v) is 5.86. The number of nitriles is 1. The zero-order valence-electron chi connectivity index (χ0n) is 16.1. The highest BCUT2D eigenvalue weighted by Crippen LogP contribution is 2.39. The van der Waals surface area contributed by atoms with E-state index in [1.807, 2.05) is 6.92 Å². The Morgan fingerprint density at radius 2 is 1.81 bits per heavy atom. The molecule has 0 unspecified atom stereocenters. The van der Waals surface area contributed by atoms with Crippen molar-refractivity contribution in [1.82, 2.24) is 4.98 Å². The average Bonchev–Trinajstić information content (AvgIpc) is 2.72. The van der Waals surface area contributed by atoms with Crippen molar-refractivity contribution in [2.24, 2.45) is 0 Å². The number of thioether (sulfide) groups is 1. The van der Waals surface area contributed by atoms with Gasteiger partial charge in [0.2, 0.25) is 0 Å². The molecule has 9 heteroatoms. The molecule has 3 aromatic rings. The summed E-state index contributed by atoms with van der Waals surface area (Å²) in [5, 5.41) is 10.3. The fourth-order valence-corrected chi connectivity index (χ4v) is 4.34. The van der Waals surface area contributed by atoms with Crippen LogP contribution in [-0.2, 0) is 11.9 Å². The molecule has 3 rings (SSSR count). The number of halogens is 5. The molecule has 0 aliphatic heterocycles. The van der Waals surface area contributed by atoms with Crippen LogP contribution in [0.2, 0.25) is 10.0 Å². The van der Waals surface area contributed by atoms with E-state index in [0.29, 0.717) is 33.5 Å². The van der Waals surface area contributed by atoms with Crippen LogP contribution < -0.4 is 4.74 Å². The summed E-state index contributed by atoms with van der Waals surface area (Å²) in [5.74, 6) is 0.824. The minimum atomic E-state index is -4.71. The number of pyridine rings is 1. The van der Waals surface area contributed by atoms with Crippen LogP contribution in [0.5, 0.6) is 5.75 Å². The van der Waals surface area contributed by atoms with Crippen molar-refractivity contribution in [3.8, 4) is 23.1 Å². The molecule has 0 N–H and O–H groups in total.